The molecular weight excluding hydrogens is 316 g/mol. The number of benzene rings is 1. The Labute approximate surface area is 130 Å². The Morgan fingerprint density at radius 1 is 1.35 bits per heavy atom. The maximum Gasteiger partial charge on any atom is 0.0574 e. The standard InChI is InChI=1S/C16H25BrN2O/c1-12(2)10-18-11-13-3-4-14(17)9-16(13)19-7-5-15(20)6-8-19/h3-4,9,12,15,18,20H,5-8,10-11H2,1-2H3. The highest BCUT2D eigenvalue weighted by Gasteiger charge is 2.19. The van der Waals surface area contributed by atoms with Gasteiger partial charge in [-0.05, 0) is 43.0 Å². The van der Waals surface area contributed by atoms with Gasteiger partial charge in [-0.1, -0.05) is 35.8 Å². The molecule has 20 heavy (non-hydrogen) atoms. The quantitative estimate of drug-likeness (QED) is 0.864. The third kappa shape index (κ3) is 4.47. The summed E-state index contributed by atoms with van der Waals surface area (Å²) in [5.74, 6) is 0.666. The van der Waals surface area contributed by atoms with Gasteiger partial charge in [0.15, 0.2) is 0 Å². The minimum Gasteiger partial charge on any atom is -0.393 e. The molecule has 1 aromatic carbocycles. The average Bonchev–Trinajstić information content (AvgIpc) is 2.41. The van der Waals surface area contributed by atoms with Crippen LogP contribution in [0.4, 0.5) is 5.69 Å². The van der Waals surface area contributed by atoms with Gasteiger partial charge in [0.2, 0.25) is 0 Å². The third-order valence-corrected chi connectivity index (χ3v) is 4.21. The zero-order valence-corrected chi connectivity index (χ0v) is 14.0. The molecule has 2 N–H and O–H groups in total. The summed E-state index contributed by atoms with van der Waals surface area (Å²) >= 11 is 3.57. The first-order chi connectivity index (χ1) is 9.56. The van der Waals surface area contributed by atoms with E-state index in [4.69, 9.17) is 0 Å². The topological polar surface area (TPSA) is 35.5 Å². The van der Waals surface area contributed by atoms with Crippen molar-refractivity contribution in [3.8, 4) is 0 Å². The van der Waals surface area contributed by atoms with Crippen molar-refractivity contribution in [1.82, 2.24) is 5.32 Å². The first-order valence-electron chi connectivity index (χ1n) is 7.48. The highest BCUT2D eigenvalue weighted by atomic mass is 79.9. The predicted molar refractivity (Wildman–Crippen MR) is 88.1 cm³/mol. The maximum atomic E-state index is 9.65. The zero-order chi connectivity index (χ0) is 14.5. The minimum atomic E-state index is -0.124. The molecule has 0 aromatic heterocycles. The van der Waals surface area contributed by atoms with E-state index in [0.29, 0.717) is 5.92 Å². The summed E-state index contributed by atoms with van der Waals surface area (Å²) in [5, 5.41) is 13.2. The molecule has 2 rings (SSSR count). The number of rotatable bonds is 5. The van der Waals surface area contributed by atoms with Crippen LogP contribution in [0.2, 0.25) is 0 Å². The van der Waals surface area contributed by atoms with Gasteiger partial charge in [-0.3, -0.25) is 0 Å². The van der Waals surface area contributed by atoms with Crippen molar-refractivity contribution >= 4 is 21.6 Å². The molecular formula is C16H25BrN2O. The fraction of sp³-hybridized carbons (Fsp3) is 0.625. The Balaban J connectivity index is 2.07. The Morgan fingerprint density at radius 3 is 2.70 bits per heavy atom. The summed E-state index contributed by atoms with van der Waals surface area (Å²) in [6, 6.07) is 6.50. The molecule has 1 aromatic rings. The number of anilines is 1. The fourth-order valence-electron chi connectivity index (χ4n) is 2.58. The normalized spacial score (nSPS) is 16.9. The zero-order valence-electron chi connectivity index (χ0n) is 12.4. The van der Waals surface area contributed by atoms with Gasteiger partial charge in [0.1, 0.15) is 0 Å². The predicted octanol–water partition coefficient (Wildman–Crippen LogP) is 3.16. The maximum absolute atomic E-state index is 9.65. The first-order valence-corrected chi connectivity index (χ1v) is 8.27. The number of hydrogen-bond acceptors (Lipinski definition) is 3. The second-order valence-electron chi connectivity index (χ2n) is 6.02. The highest BCUT2D eigenvalue weighted by Crippen LogP contribution is 2.28. The summed E-state index contributed by atoms with van der Waals surface area (Å²) in [6.07, 6.45) is 1.61. The molecule has 3 nitrogen and oxygen atoms in total. The third-order valence-electron chi connectivity index (χ3n) is 3.72. The van der Waals surface area contributed by atoms with E-state index in [1.807, 2.05) is 0 Å². The lowest BCUT2D eigenvalue weighted by Gasteiger charge is -2.33. The van der Waals surface area contributed by atoms with E-state index in [9.17, 15) is 5.11 Å². The molecule has 0 bridgehead atoms. The van der Waals surface area contributed by atoms with Gasteiger partial charge >= 0.3 is 0 Å². The van der Waals surface area contributed by atoms with Crippen LogP contribution in [0.3, 0.4) is 0 Å². The van der Waals surface area contributed by atoms with Crippen LogP contribution in [-0.4, -0.2) is 30.8 Å². The van der Waals surface area contributed by atoms with Crippen LogP contribution in [0.1, 0.15) is 32.3 Å². The molecule has 1 saturated heterocycles. The van der Waals surface area contributed by atoms with E-state index in [-0.39, 0.29) is 6.10 Å². The van der Waals surface area contributed by atoms with E-state index in [1.54, 1.807) is 0 Å². The molecule has 0 saturated carbocycles. The molecule has 1 aliphatic rings. The molecule has 0 aliphatic carbocycles. The van der Waals surface area contributed by atoms with Crippen molar-refractivity contribution < 1.29 is 5.11 Å². The van der Waals surface area contributed by atoms with Crippen molar-refractivity contribution in [1.29, 1.82) is 0 Å². The van der Waals surface area contributed by atoms with Crippen LogP contribution in [0.5, 0.6) is 0 Å². The average molecular weight is 341 g/mol. The van der Waals surface area contributed by atoms with Crippen molar-refractivity contribution in [3.63, 3.8) is 0 Å². The number of hydrogen-bond donors (Lipinski definition) is 2. The van der Waals surface area contributed by atoms with Crippen LogP contribution in [0, 0.1) is 5.92 Å². The Morgan fingerprint density at radius 2 is 2.05 bits per heavy atom. The van der Waals surface area contributed by atoms with Crippen molar-refractivity contribution in [2.45, 2.75) is 39.3 Å². The number of aliphatic hydroxyl groups is 1. The summed E-state index contributed by atoms with van der Waals surface area (Å²) in [4.78, 5) is 2.39. The molecule has 0 radical (unpaired) electrons. The van der Waals surface area contributed by atoms with Crippen LogP contribution < -0.4 is 10.2 Å². The lowest BCUT2D eigenvalue weighted by molar-refractivity contribution is 0.145. The number of nitrogens with one attached hydrogen (secondary N) is 1. The molecule has 1 fully saturated rings. The summed E-state index contributed by atoms with van der Waals surface area (Å²) < 4.78 is 1.12. The van der Waals surface area contributed by atoms with Gasteiger partial charge in [-0.25, -0.2) is 0 Å². The highest BCUT2D eigenvalue weighted by molar-refractivity contribution is 9.10. The van der Waals surface area contributed by atoms with E-state index in [0.717, 1.165) is 43.5 Å². The number of halogens is 1. The molecule has 4 heteroatoms. The second-order valence-corrected chi connectivity index (χ2v) is 6.93. The lowest BCUT2D eigenvalue weighted by Crippen LogP contribution is -2.36. The summed E-state index contributed by atoms with van der Waals surface area (Å²) in [6.45, 7) is 8.26. The van der Waals surface area contributed by atoms with E-state index < -0.39 is 0 Å². The number of piperidine rings is 1. The summed E-state index contributed by atoms with van der Waals surface area (Å²) in [7, 11) is 0. The smallest absolute Gasteiger partial charge is 0.0574 e. The van der Waals surface area contributed by atoms with Crippen LogP contribution >= 0.6 is 15.9 Å². The summed E-state index contributed by atoms with van der Waals surface area (Å²) in [5.41, 5.74) is 2.63. The monoisotopic (exact) mass is 340 g/mol. The van der Waals surface area contributed by atoms with Crippen LogP contribution in [0.25, 0.3) is 0 Å². The molecule has 0 atom stereocenters. The van der Waals surface area contributed by atoms with Gasteiger partial charge in [0, 0.05) is 29.8 Å². The number of aliphatic hydroxyl groups excluding tert-OH is 1. The van der Waals surface area contributed by atoms with Crippen LogP contribution in [-0.2, 0) is 6.54 Å². The van der Waals surface area contributed by atoms with E-state index in [1.165, 1.54) is 11.3 Å². The molecule has 1 aliphatic heterocycles. The van der Waals surface area contributed by atoms with Crippen LogP contribution in [0.15, 0.2) is 22.7 Å². The van der Waals surface area contributed by atoms with E-state index in [2.05, 4.69) is 58.2 Å². The molecule has 0 spiro atoms. The molecule has 112 valence electrons. The fourth-order valence-corrected chi connectivity index (χ4v) is 2.93. The Hall–Kier alpha value is -0.580. The van der Waals surface area contributed by atoms with E-state index >= 15 is 0 Å². The molecule has 0 amide bonds. The minimum absolute atomic E-state index is 0.124. The van der Waals surface area contributed by atoms with Crippen molar-refractivity contribution in [3.05, 3.63) is 28.2 Å². The van der Waals surface area contributed by atoms with Gasteiger partial charge in [0.05, 0.1) is 6.10 Å². The van der Waals surface area contributed by atoms with Gasteiger partial charge in [-0.15, -0.1) is 0 Å². The number of nitrogens with zero attached hydrogens (tertiary/aromatic N) is 1. The van der Waals surface area contributed by atoms with Crippen molar-refractivity contribution in [2.24, 2.45) is 5.92 Å². The second kappa shape index (κ2) is 7.43. The first kappa shape index (κ1) is 15.8. The SMILES string of the molecule is CC(C)CNCc1ccc(Br)cc1N1CCC(O)CC1. The largest absolute Gasteiger partial charge is 0.393 e. The molecule has 0 unspecified atom stereocenters. The Kier molecular flexibility index (Phi) is 5.87. The Bertz CT molecular complexity index is 428. The lowest BCUT2D eigenvalue weighted by atomic mass is 10.0. The van der Waals surface area contributed by atoms with Gasteiger partial charge in [-0.2, -0.15) is 0 Å². The van der Waals surface area contributed by atoms with Crippen molar-refractivity contribution in [2.75, 3.05) is 24.5 Å². The van der Waals surface area contributed by atoms with Gasteiger partial charge < -0.3 is 15.3 Å². The molecule has 1 heterocycles. The van der Waals surface area contributed by atoms with Gasteiger partial charge in [0.25, 0.3) is 0 Å².